The fraction of sp³-hybridized carbons (Fsp3) is 0.143. The van der Waals surface area contributed by atoms with Crippen LogP contribution < -0.4 is 0 Å². The summed E-state index contributed by atoms with van der Waals surface area (Å²) in [5, 5.41) is 11.3. The number of hydrogen-bond acceptors (Lipinski definition) is 2. The number of benzene rings is 2. The Bertz CT molecular complexity index is 657. The lowest BCUT2D eigenvalue weighted by atomic mass is 10.0. The number of hydrogen-bond donors (Lipinski definition) is 1. The number of fused-ring (bicyclic) bond motifs is 1. The van der Waals surface area contributed by atoms with Crippen LogP contribution in [0, 0.1) is 0 Å². The molecule has 0 heterocycles. The van der Waals surface area contributed by atoms with Crippen molar-refractivity contribution >= 4 is 45.5 Å². The topological polar surface area (TPSA) is 40.5 Å². The summed E-state index contributed by atoms with van der Waals surface area (Å²) in [6.45, 7) is -0.129. The van der Waals surface area contributed by atoms with E-state index in [2.05, 4.69) is 0 Å². The highest BCUT2D eigenvalue weighted by atomic mass is 35.5. The molecule has 0 aliphatic heterocycles. The van der Waals surface area contributed by atoms with Crippen molar-refractivity contribution in [1.29, 1.82) is 0 Å². The summed E-state index contributed by atoms with van der Waals surface area (Å²) in [5.41, 5.74) is 0.818. The molecule has 0 radical (unpaired) electrons. The zero-order valence-electron chi connectivity index (χ0n) is 10.3. The minimum absolute atomic E-state index is 0.129. The summed E-state index contributed by atoms with van der Waals surface area (Å²) in [6, 6.07) is 11.3. The molecule has 98 valence electrons. The van der Waals surface area contributed by atoms with Crippen LogP contribution in [-0.4, -0.2) is 34.6 Å². The normalized spacial score (nSPS) is 10.4. The molecule has 0 atom stereocenters. The molecule has 0 aliphatic carbocycles. The van der Waals surface area contributed by atoms with Crippen LogP contribution >= 0.6 is 23.8 Å². The number of carboxylic acid groups (broad SMARTS) is 1. The second-order valence-electron chi connectivity index (χ2n) is 4.20. The van der Waals surface area contributed by atoms with Crippen molar-refractivity contribution < 1.29 is 9.90 Å². The van der Waals surface area contributed by atoms with Gasteiger partial charge in [0.2, 0.25) is 0 Å². The zero-order chi connectivity index (χ0) is 14.0. The van der Waals surface area contributed by atoms with E-state index in [4.69, 9.17) is 28.9 Å². The van der Waals surface area contributed by atoms with Crippen molar-refractivity contribution in [3.05, 3.63) is 47.0 Å². The van der Waals surface area contributed by atoms with Crippen LogP contribution in [0.15, 0.2) is 36.4 Å². The average Bonchev–Trinajstić information content (AvgIpc) is 2.37. The van der Waals surface area contributed by atoms with Crippen LogP contribution in [0.5, 0.6) is 0 Å². The van der Waals surface area contributed by atoms with Gasteiger partial charge in [0.25, 0.3) is 0 Å². The molecule has 2 aromatic carbocycles. The SMILES string of the molecule is CN(CC(=O)O)C(=S)c1cccc2c(Cl)cccc12. The molecule has 0 aromatic heterocycles. The maximum absolute atomic E-state index is 10.7. The van der Waals surface area contributed by atoms with Crippen molar-refractivity contribution in [3.63, 3.8) is 0 Å². The van der Waals surface area contributed by atoms with Crippen LogP contribution in [0.25, 0.3) is 10.8 Å². The van der Waals surface area contributed by atoms with Crippen molar-refractivity contribution in [2.24, 2.45) is 0 Å². The predicted octanol–water partition coefficient (Wildman–Crippen LogP) is 3.19. The standard InChI is InChI=1S/C14H12ClNO2S/c1-16(8-13(17)18)14(19)11-6-2-5-10-9(11)4-3-7-12(10)15/h2-7H,8H2,1H3,(H,17,18). The highest BCUT2D eigenvalue weighted by molar-refractivity contribution is 7.80. The van der Waals surface area contributed by atoms with Crippen LogP contribution in [0.2, 0.25) is 5.02 Å². The molecule has 1 N–H and O–H groups in total. The summed E-state index contributed by atoms with van der Waals surface area (Å²) in [4.78, 5) is 12.8. The monoisotopic (exact) mass is 293 g/mol. The number of carboxylic acids is 1. The van der Waals surface area contributed by atoms with Crippen LogP contribution in [-0.2, 0) is 4.79 Å². The van der Waals surface area contributed by atoms with Gasteiger partial charge in [-0.15, -0.1) is 0 Å². The number of nitrogens with zero attached hydrogens (tertiary/aromatic N) is 1. The van der Waals surface area contributed by atoms with E-state index in [1.165, 1.54) is 4.90 Å². The fourth-order valence-corrected chi connectivity index (χ4v) is 2.42. The molecule has 2 rings (SSSR count). The van der Waals surface area contributed by atoms with Gasteiger partial charge in [0.15, 0.2) is 0 Å². The molecule has 0 amide bonds. The van der Waals surface area contributed by atoms with E-state index in [0.717, 1.165) is 16.3 Å². The molecule has 3 nitrogen and oxygen atoms in total. The summed E-state index contributed by atoms with van der Waals surface area (Å²) in [5.74, 6) is -0.914. The molecular weight excluding hydrogens is 282 g/mol. The van der Waals surface area contributed by atoms with Gasteiger partial charge >= 0.3 is 5.97 Å². The molecule has 0 bridgehead atoms. The van der Waals surface area contributed by atoms with Crippen molar-refractivity contribution in [2.45, 2.75) is 0 Å². The molecule has 0 saturated carbocycles. The molecule has 5 heteroatoms. The van der Waals surface area contributed by atoms with Gasteiger partial charge in [-0.25, -0.2) is 0 Å². The molecule has 0 saturated heterocycles. The van der Waals surface area contributed by atoms with Gasteiger partial charge in [0.05, 0.1) is 0 Å². The lowest BCUT2D eigenvalue weighted by Crippen LogP contribution is -2.31. The summed E-state index contributed by atoms with van der Waals surface area (Å²) >= 11 is 11.5. The maximum atomic E-state index is 10.7. The number of halogens is 1. The van der Waals surface area contributed by atoms with Gasteiger partial charge in [0.1, 0.15) is 11.5 Å². The van der Waals surface area contributed by atoms with Crippen molar-refractivity contribution in [1.82, 2.24) is 4.90 Å². The summed E-state index contributed by atoms with van der Waals surface area (Å²) in [7, 11) is 1.67. The van der Waals surface area contributed by atoms with Crippen LogP contribution in [0.4, 0.5) is 0 Å². The lowest BCUT2D eigenvalue weighted by molar-refractivity contribution is -0.137. The van der Waals surface area contributed by atoms with E-state index >= 15 is 0 Å². The molecule has 0 aliphatic rings. The van der Waals surface area contributed by atoms with E-state index in [1.54, 1.807) is 7.05 Å². The number of likely N-dealkylation sites (N-methyl/N-ethyl adjacent to an activating group) is 1. The predicted molar refractivity (Wildman–Crippen MR) is 80.9 cm³/mol. The first-order valence-corrected chi connectivity index (χ1v) is 6.44. The average molecular weight is 294 g/mol. The van der Waals surface area contributed by atoms with E-state index in [-0.39, 0.29) is 6.54 Å². The second-order valence-corrected chi connectivity index (χ2v) is 4.99. The van der Waals surface area contributed by atoms with E-state index in [9.17, 15) is 4.79 Å². The van der Waals surface area contributed by atoms with Crippen LogP contribution in [0.1, 0.15) is 5.56 Å². The molecule has 0 fully saturated rings. The molecule has 0 unspecified atom stereocenters. The smallest absolute Gasteiger partial charge is 0.323 e. The number of aliphatic carboxylic acids is 1. The van der Waals surface area contributed by atoms with Gasteiger partial charge < -0.3 is 10.0 Å². The van der Waals surface area contributed by atoms with E-state index in [1.807, 2.05) is 36.4 Å². The Balaban J connectivity index is 2.48. The van der Waals surface area contributed by atoms with Gasteiger partial charge in [-0.2, -0.15) is 0 Å². The lowest BCUT2D eigenvalue weighted by Gasteiger charge is -2.19. The van der Waals surface area contributed by atoms with Crippen molar-refractivity contribution in [3.8, 4) is 0 Å². The third-order valence-electron chi connectivity index (χ3n) is 2.82. The fourth-order valence-electron chi connectivity index (χ4n) is 1.94. The molecular formula is C14H12ClNO2S. The third kappa shape index (κ3) is 2.85. The Labute approximate surface area is 121 Å². The Hall–Kier alpha value is -1.65. The highest BCUT2D eigenvalue weighted by Crippen LogP contribution is 2.26. The summed E-state index contributed by atoms with van der Waals surface area (Å²) in [6.07, 6.45) is 0. The van der Waals surface area contributed by atoms with E-state index in [0.29, 0.717) is 10.0 Å². The maximum Gasteiger partial charge on any atom is 0.323 e. The van der Waals surface area contributed by atoms with Gasteiger partial charge in [0, 0.05) is 23.0 Å². The zero-order valence-corrected chi connectivity index (χ0v) is 11.8. The highest BCUT2D eigenvalue weighted by Gasteiger charge is 2.13. The van der Waals surface area contributed by atoms with Crippen molar-refractivity contribution in [2.75, 3.05) is 13.6 Å². The van der Waals surface area contributed by atoms with Gasteiger partial charge in [-0.3, -0.25) is 4.79 Å². The Morgan fingerprint density at radius 3 is 2.58 bits per heavy atom. The number of carbonyl (C=O) groups is 1. The number of thiocarbonyl (C=S) groups is 1. The van der Waals surface area contributed by atoms with E-state index < -0.39 is 5.97 Å². The first kappa shape index (κ1) is 13.8. The largest absolute Gasteiger partial charge is 0.480 e. The Morgan fingerprint density at radius 1 is 1.26 bits per heavy atom. The number of rotatable bonds is 3. The molecule has 19 heavy (non-hydrogen) atoms. The second kappa shape index (κ2) is 5.55. The first-order chi connectivity index (χ1) is 9.00. The van der Waals surface area contributed by atoms with Gasteiger partial charge in [-0.1, -0.05) is 54.2 Å². The minimum atomic E-state index is -0.914. The van der Waals surface area contributed by atoms with Crippen LogP contribution in [0.3, 0.4) is 0 Å². The molecule has 0 spiro atoms. The quantitative estimate of drug-likeness (QED) is 0.883. The Kier molecular flexibility index (Phi) is 4.02. The summed E-state index contributed by atoms with van der Waals surface area (Å²) < 4.78 is 0. The third-order valence-corrected chi connectivity index (χ3v) is 3.68. The first-order valence-electron chi connectivity index (χ1n) is 5.65. The molecule has 2 aromatic rings. The Morgan fingerprint density at radius 2 is 1.89 bits per heavy atom. The van der Waals surface area contributed by atoms with Gasteiger partial charge in [-0.05, 0) is 11.5 Å². The minimum Gasteiger partial charge on any atom is -0.480 e.